The van der Waals surface area contributed by atoms with Crippen LogP contribution in [0.4, 0.5) is 10.5 Å². The first-order valence-corrected chi connectivity index (χ1v) is 11.4. The normalized spacial score (nSPS) is 10.8. The summed E-state index contributed by atoms with van der Waals surface area (Å²) >= 11 is 6.01. The molecule has 0 spiro atoms. The van der Waals surface area contributed by atoms with E-state index in [-0.39, 0.29) is 6.03 Å². The van der Waals surface area contributed by atoms with Crippen molar-refractivity contribution in [1.82, 2.24) is 5.32 Å². The highest BCUT2D eigenvalue weighted by Gasteiger charge is 2.14. The van der Waals surface area contributed by atoms with Gasteiger partial charge in [0.2, 0.25) is 0 Å². The lowest BCUT2D eigenvalue weighted by Crippen LogP contribution is -2.41. The van der Waals surface area contributed by atoms with Gasteiger partial charge >= 0.3 is 6.03 Å². The molecule has 0 heterocycles. The van der Waals surface area contributed by atoms with E-state index >= 15 is 0 Å². The molecule has 1 aromatic carbocycles. The van der Waals surface area contributed by atoms with Gasteiger partial charge in [0.05, 0.1) is 0 Å². The summed E-state index contributed by atoms with van der Waals surface area (Å²) in [5.74, 6) is 0. The van der Waals surface area contributed by atoms with Gasteiger partial charge < -0.3 is 5.32 Å². The number of halogens is 1. The second-order valence-corrected chi connectivity index (χ2v) is 7.83. The highest BCUT2D eigenvalue weighted by Crippen LogP contribution is 2.19. The zero-order valence-electron chi connectivity index (χ0n) is 17.4. The molecule has 1 N–H and O–H groups in total. The van der Waals surface area contributed by atoms with E-state index in [4.69, 9.17) is 11.6 Å². The number of rotatable bonds is 15. The minimum Gasteiger partial charge on any atom is -0.338 e. The molecular formula is C23H39ClN2O. The Kier molecular flexibility index (Phi) is 13.9. The lowest BCUT2D eigenvalue weighted by molar-refractivity contribution is 0.246. The smallest absolute Gasteiger partial charge is 0.321 e. The molecule has 0 aliphatic carbocycles. The first-order valence-electron chi connectivity index (χ1n) is 11.0. The molecule has 0 aliphatic heterocycles. The van der Waals surface area contributed by atoms with E-state index in [1.807, 2.05) is 29.2 Å². The van der Waals surface area contributed by atoms with Gasteiger partial charge in [0, 0.05) is 23.8 Å². The molecule has 1 rings (SSSR count). The van der Waals surface area contributed by atoms with Crippen LogP contribution in [0.1, 0.15) is 90.9 Å². The number of anilines is 1. The Labute approximate surface area is 171 Å². The van der Waals surface area contributed by atoms with Crippen LogP contribution < -0.4 is 10.2 Å². The fraction of sp³-hybridized carbons (Fsp3) is 0.696. The average molecular weight is 395 g/mol. The number of carbonyl (C=O) groups is 1. The van der Waals surface area contributed by atoms with Crippen molar-refractivity contribution in [2.24, 2.45) is 0 Å². The van der Waals surface area contributed by atoms with Crippen molar-refractivity contribution in [2.45, 2.75) is 90.9 Å². The van der Waals surface area contributed by atoms with Crippen LogP contribution in [-0.2, 0) is 0 Å². The van der Waals surface area contributed by atoms with Crippen LogP contribution in [0.25, 0.3) is 0 Å². The largest absolute Gasteiger partial charge is 0.338 e. The zero-order valence-corrected chi connectivity index (χ0v) is 18.2. The number of hydrogen-bond acceptors (Lipinski definition) is 1. The summed E-state index contributed by atoms with van der Waals surface area (Å²) in [6.07, 6.45) is 14.7. The summed E-state index contributed by atoms with van der Waals surface area (Å²) in [6, 6.07) is 7.59. The third-order valence-corrected chi connectivity index (χ3v) is 5.18. The SMILES string of the molecule is CCCCCCCCNC(=O)N(CCCCCCCC)c1ccc(Cl)cc1. The topological polar surface area (TPSA) is 32.3 Å². The Bertz CT molecular complexity index is 490. The van der Waals surface area contributed by atoms with E-state index in [2.05, 4.69) is 19.2 Å². The van der Waals surface area contributed by atoms with E-state index in [0.29, 0.717) is 5.02 Å². The molecule has 0 aliphatic rings. The number of amides is 2. The van der Waals surface area contributed by atoms with Crippen molar-refractivity contribution in [2.75, 3.05) is 18.0 Å². The molecule has 0 saturated heterocycles. The monoisotopic (exact) mass is 394 g/mol. The van der Waals surface area contributed by atoms with Gasteiger partial charge in [-0.1, -0.05) is 89.7 Å². The molecule has 0 unspecified atom stereocenters. The van der Waals surface area contributed by atoms with Crippen LogP contribution in [0, 0.1) is 0 Å². The van der Waals surface area contributed by atoms with Crippen molar-refractivity contribution in [3.63, 3.8) is 0 Å². The number of urea groups is 1. The van der Waals surface area contributed by atoms with Crippen molar-refractivity contribution in [1.29, 1.82) is 0 Å². The Hall–Kier alpha value is -1.22. The van der Waals surface area contributed by atoms with Gasteiger partial charge in [-0.25, -0.2) is 4.79 Å². The van der Waals surface area contributed by atoms with E-state index < -0.39 is 0 Å². The van der Waals surface area contributed by atoms with Gasteiger partial charge in [-0.2, -0.15) is 0 Å². The number of nitrogens with one attached hydrogen (secondary N) is 1. The van der Waals surface area contributed by atoms with Crippen LogP contribution >= 0.6 is 11.6 Å². The molecule has 2 amide bonds. The van der Waals surface area contributed by atoms with Crippen LogP contribution in [0.2, 0.25) is 5.02 Å². The van der Waals surface area contributed by atoms with Crippen molar-refractivity contribution < 1.29 is 4.79 Å². The van der Waals surface area contributed by atoms with E-state index in [9.17, 15) is 4.79 Å². The molecule has 4 heteroatoms. The molecule has 0 fully saturated rings. The van der Waals surface area contributed by atoms with Gasteiger partial charge in [-0.15, -0.1) is 0 Å². The summed E-state index contributed by atoms with van der Waals surface area (Å²) in [5.41, 5.74) is 0.924. The van der Waals surface area contributed by atoms with Gasteiger partial charge in [0.1, 0.15) is 0 Å². The Morgan fingerprint density at radius 1 is 0.815 bits per heavy atom. The van der Waals surface area contributed by atoms with Gasteiger partial charge in [-0.05, 0) is 37.1 Å². The fourth-order valence-corrected chi connectivity index (χ4v) is 3.34. The lowest BCUT2D eigenvalue weighted by Gasteiger charge is -2.23. The lowest BCUT2D eigenvalue weighted by atomic mass is 10.1. The van der Waals surface area contributed by atoms with Crippen molar-refractivity contribution in [3.8, 4) is 0 Å². The first-order chi connectivity index (χ1) is 13.2. The third kappa shape index (κ3) is 11.3. The van der Waals surface area contributed by atoms with E-state index in [1.165, 1.54) is 64.2 Å². The molecular weight excluding hydrogens is 356 g/mol. The van der Waals surface area contributed by atoms with Crippen LogP contribution in [0.15, 0.2) is 24.3 Å². The zero-order chi connectivity index (χ0) is 19.7. The standard InChI is InChI=1S/C23H39ClN2O/c1-3-5-7-9-11-13-19-25-23(27)26(20-14-12-10-8-6-4-2)22-17-15-21(24)16-18-22/h15-18H,3-14,19-20H2,1-2H3,(H,25,27). The molecule has 0 bridgehead atoms. The van der Waals surface area contributed by atoms with Crippen molar-refractivity contribution >= 4 is 23.3 Å². The average Bonchev–Trinajstić information content (AvgIpc) is 2.67. The number of unbranched alkanes of at least 4 members (excludes halogenated alkanes) is 10. The Morgan fingerprint density at radius 2 is 1.33 bits per heavy atom. The minimum absolute atomic E-state index is 0.0134. The maximum atomic E-state index is 12.7. The predicted octanol–water partition coefficient (Wildman–Crippen LogP) is 7.58. The van der Waals surface area contributed by atoms with Crippen molar-refractivity contribution in [3.05, 3.63) is 29.3 Å². The quantitative estimate of drug-likeness (QED) is 0.305. The Balaban J connectivity index is 2.42. The maximum absolute atomic E-state index is 12.7. The number of nitrogens with zero attached hydrogens (tertiary/aromatic N) is 1. The van der Waals surface area contributed by atoms with Crippen LogP contribution in [0.3, 0.4) is 0 Å². The molecule has 0 atom stereocenters. The highest BCUT2D eigenvalue weighted by molar-refractivity contribution is 6.30. The third-order valence-electron chi connectivity index (χ3n) is 4.93. The number of hydrogen-bond donors (Lipinski definition) is 1. The molecule has 0 aromatic heterocycles. The summed E-state index contributed by atoms with van der Waals surface area (Å²) < 4.78 is 0. The number of benzene rings is 1. The molecule has 1 aromatic rings. The second kappa shape index (κ2) is 15.8. The molecule has 3 nitrogen and oxygen atoms in total. The fourth-order valence-electron chi connectivity index (χ4n) is 3.22. The van der Waals surface area contributed by atoms with Gasteiger partial charge in [0.15, 0.2) is 0 Å². The summed E-state index contributed by atoms with van der Waals surface area (Å²) in [5, 5.41) is 3.80. The molecule has 27 heavy (non-hydrogen) atoms. The number of carbonyl (C=O) groups excluding carboxylic acids is 1. The minimum atomic E-state index is 0.0134. The second-order valence-electron chi connectivity index (χ2n) is 7.40. The summed E-state index contributed by atoms with van der Waals surface area (Å²) in [6.45, 7) is 5.98. The van der Waals surface area contributed by atoms with E-state index in [0.717, 1.165) is 31.6 Å². The summed E-state index contributed by atoms with van der Waals surface area (Å²) in [4.78, 5) is 14.6. The molecule has 154 valence electrons. The maximum Gasteiger partial charge on any atom is 0.321 e. The molecule has 0 radical (unpaired) electrons. The predicted molar refractivity (Wildman–Crippen MR) is 119 cm³/mol. The van der Waals surface area contributed by atoms with Gasteiger partial charge in [-0.3, -0.25) is 4.90 Å². The molecule has 0 saturated carbocycles. The highest BCUT2D eigenvalue weighted by atomic mass is 35.5. The van der Waals surface area contributed by atoms with Crippen LogP contribution in [-0.4, -0.2) is 19.1 Å². The first kappa shape index (κ1) is 23.8. The summed E-state index contributed by atoms with van der Waals surface area (Å²) in [7, 11) is 0. The van der Waals surface area contributed by atoms with Crippen LogP contribution in [0.5, 0.6) is 0 Å². The Morgan fingerprint density at radius 3 is 1.93 bits per heavy atom. The van der Waals surface area contributed by atoms with Gasteiger partial charge in [0.25, 0.3) is 0 Å². The van der Waals surface area contributed by atoms with E-state index in [1.54, 1.807) is 0 Å².